The third-order valence-corrected chi connectivity index (χ3v) is 5.86. The summed E-state index contributed by atoms with van der Waals surface area (Å²) in [6, 6.07) is 12.1. The SMILES string of the molecule is CC(C)COC(=O)c1ccc(N2C(=O)C(O)=C(C(=O)c3ccco3)C2c2cccs2)cc1. The van der Waals surface area contributed by atoms with Crippen molar-refractivity contribution in [3.05, 3.63) is 87.7 Å². The molecule has 3 aromatic rings. The number of amides is 1. The predicted octanol–water partition coefficient (Wildman–Crippen LogP) is 4.94. The molecule has 8 heteroatoms. The maximum Gasteiger partial charge on any atom is 0.338 e. The average molecular weight is 452 g/mol. The van der Waals surface area contributed by atoms with E-state index >= 15 is 0 Å². The van der Waals surface area contributed by atoms with Crippen LogP contribution >= 0.6 is 11.3 Å². The van der Waals surface area contributed by atoms with E-state index in [9.17, 15) is 19.5 Å². The minimum atomic E-state index is -0.821. The van der Waals surface area contributed by atoms with Gasteiger partial charge in [-0.15, -0.1) is 11.3 Å². The highest BCUT2D eigenvalue weighted by Crippen LogP contribution is 2.43. The second-order valence-corrected chi connectivity index (χ2v) is 8.68. The summed E-state index contributed by atoms with van der Waals surface area (Å²) in [6.45, 7) is 4.20. The summed E-state index contributed by atoms with van der Waals surface area (Å²) >= 11 is 1.36. The zero-order valence-electron chi connectivity index (χ0n) is 17.5. The Morgan fingerprint density at radius 1 is 1.16 bits per heavy atom. The van der Waals surface area contributed by atoms with Crippen LogP contribution in [0.4, 0.5) is 5.69 Å². The van der Waals surface area contributed by atoms with Crippen molar-refractivity contribution in [2.45, 2.75) is 19.9 Å². The second kappa shape index (κ2) is 8.84. The summed E-state index contributed by atoms with van der Waals surface area (Å²) in [5, 5.41) is 12.5. The lowest BCUT2D eigenvalue weighted by Crippen LogP contribution is -2.30. The van der Waals surface area contributed by atoms with Crippen molar-refractivity contribution < 1.29 is 28.6 Å². The normalized spacial score (nSPS) is 16.2. The van der Waals surface area contributed by atoms with Gasteiger partial charge in [-0.2, -0.15) is 0 Å². The molecule has 1 unspecified atom stereocenters. The molecule has 4 rings (SSSR count). The summed E-state index contributed by atoms with van der Waals surface area (Å²) in [6.07, 6.45) is 1.36. The molecular weight excluding hydrogens is 430 g/mol. The van der Waals surface area contributed by atoms with Gasteiger partial charge >= 0.3 is 5.97 Å². The summed E-state index contributed by atoms with van der Waals surface area (Å²) < 4.78 is 10.4. The number of hydrogen-bond acceptors (Lipinski definition) is 7. The highest BCUT2D eigenvalue weighted by Gasteiger charge is 2.45. The fourth-order valence-corrected chi connectivity index (χ4v) is 4.27. The van der Waals surface area contributed by atoms with Crippen molar-refractivity contribution in [1.29, 1.82) is 0 Å². The molecule has 0 saturated carbocycles. The smallest absolute Gasteiger partial charge is 0.338 e. The van der Waals surface area contributed by atoms with E-state index in [1.165, 1.54) is 28.6 Å². The monoisotopic (exact) mass is 451 g/mol. The summed E-state index contributed by atoms with van der Waals surface area (Å²) in [5.41, 5.74) is 0.730. The number of furan rings is 1. The molecule has 0 spiro atoms. The molecule has 3 heterocycles. The van der Waals surface area contributed by atoms with Gasteiger partial charge in [-0.05, 0) is 53.8 Å². The standard InChI is InChI=1S/C24H21NO6S/c1-14(2)13-31-24(29)15-7-9-16(10-8-15)25-20(18-6-4-12-32-18)19(22(27)23(25)28)21(26)17-5-3-11-30-17/h3-12,14,20,27H,13H2,1-2H3. The molecule has 0 saturated heterocycles. The van der Waals surface area contributed by atoms with E-state index in [0.29, 0.717) is 22.7 Å². The molecule has 1 atom stereocenters. The first-order valence-electron chi connectivity index (χ1n) is 10.0. The molecule has 0 bridgehead atoms. The number of ketones is 1. The lowest BCUT2D eigenvalue weighted by Gasteiger charge is -2.25. The van der Waals surface area contributed by atoms with Crippen molar-refractivity contribution in [3.8, 4) is 0 Å². The van der Waals surface area contributed by atoms with E-state index in [1.807, 2.05) is 19.2 Å². The molecule has 0 fully saturated rings. The van der Waals surface area contributed by atoms with E-state index in [2.05, 4.69) is 0 Å². The average Bonchev–Trinajstić information content (AvgIpc) is 3.54. The number of ether oxygens (including phenoxy) is 1. The van der Waals surface area contributed by atoms with Gasteiger partial charge in [0.05, 0.1) is 24.0 Å². The Balaban J connectivity index is 1.69. The lowest BCUT2D eigenvalue weighted by molar-refractivity contribution is -0.117. The molecule has 32 heavy (non-hydrogen) atoms. The van der Waals surface area contributed by atoms with E-state index < -0.39 is 29.5 Å². The molecule has 0 radical (unpaired) electrons. The van der Waals surface area contributed by atoms with Gasteiger partial charge in [-0.25, -0.2) is 4.79 Å². The zero-order valence-corrected chi connectivity index (χ0v) is 18.3. The summed E-state index contributed by atoms with van der Waals surface area (Å²) in [7, 11) is 0. The predicted molar refractivity (Wildman–Crippen MR) is 119 cm³/mol. The Morgan fingerprint density at radius 3 is 2.50 bits per heavy atom. The maximum absolute atomic E-state index is 13.1. The van der Waals surface area contributed by atoms with E-state index in [-0.39, 0.29) is 17.3 Å². The Morgan fingerprint density at radius 2 is 1.91 bits per heavy atom. The van der Waals surface area contributed by atoms with Gasteiger partial charge in [0.1, 0.15) is 6.04 Å². The minimum Gasteiger partial charge on any atom is -0.503 e. The first-order valence-corrected chi connectivity index (χ1v) is 10.9. The first kappa shape index (κ1) is 21.6. The number of anilines is 1. The van der Waals surface area contributed by atoms with Crippen molar-refractivity contribution >= 4 is 34.7 Å². The van der Waals surface area contributed by atoms with Crippen molar-refractivity contribution in [3.63, 3.8) is 0 Å². The maximum atomic E-state index is 13.1. The van der Waals surface area contributed by atoms with Crippen molar-refractivity contribution in [1.82, 2.24) is 0 Å². The van der Waals surface area contributed by atoms with E-state index in [0.717, 1.165) is 0 Å². The molecule has 7 nitrogen and oxygen atoms in total. The Bertz CT molecular complexity index is 1160. The van der Waals surface area contributed by atoms with Gasteiger partial charge in [0.15, 0.2) is 11.5 Å². The van der Waals surface area contributed by atoms with Crippen LogP contribution in [-0.2, 0) is 9.53 Å². The summed E-state index contributed by atoms with van der Waals surface area (Å²) in [5.74, 6) is -2.09. The number of rotatable bonds is 7. The number of hydrogen-bond donors (Lipinski definition) is 1. The van der Waals surface area contributed by atoms with Crippen LogP contribution in [0.1, 0.15) is 45.7 Å². The molecule has 2 aromatic heterocycles. The molecule has 0 aliphatic carbocycles. The van der Waals surface area contributed by atoms with Crippen LogP contribution in [-0.4, -0.2) is 29.4 Å². The third kappa shape index (κ3) is 3.97. The van der Waals surface area contributed by atoms with Crippen LogP contribution in [0.3, 0.4) is 0 Å². The number of esters is 1. The van der Waals surface area contributed by atoms with Crippen LogP contribution < -0.4 is 4.90 Å². The van der Waals surface area contributed by atoms with Gasteiger partial charge in [-0.3, -0.25) is 14.5 Å². The topological polar surface area (TPSA) is 97.0 Å². The van der Waals surface area contributed by atoms with Gasteiger partial charge in [0.25, 0.3) is 5.91 Å². The van der Waals surface area contributed by atoms with E-state index in [1.54, 1.807) is 42.5 Å². The van der Waals surface area contributed by atoms with Gasteiger partial charge in [0, 0.05) is 10.6 Å². The third-order valence-electron chi connectivity index (χ3n) is 4.94. The van der Waals surface area contributed by atoms with E-state index in [4.69, 9.17) is 9.15 Å². The van der Waals surface area contributed by atoms with Crippen LogP contribution in [0.5, 0.6) is 0 Å². The fourth-order valence-electron chi connectivity index (χ4n) is 3.44. The van der Waals surface area contributed by atoms with Crippen LogP contribution in [0, 0.1) is 5.92 Å². The number of nitrogens with zero attached hydrogens (tertiary/aromatic N) is 1. The number of aliphatic hydroxyl groups excluding tert-OH is 1. The van der Waals surface area contributed by atoms with Gasteiger partial charge in [0.2, 0.25) is 5.78 Å². The first-order chi connectivity index (χ1) is 15.4. The van der Waals surface area contributed by atoms with Crippen molar-refractivity contribution in [2.24, 2.45) is 5.92 Å². The number of carbonyl (C=O) groups excluding carboxylic acids is 3. The zero-order chi connectivity index (χ0) is 22.8. The van der Waals surface area contributed by atoms with Crippen LogP contribution in [0.25, 0.3) is 0 Å². The van der Waals surface area contributed by atoms with Gasteiger partial charge < -0.3 is 14.3 Å². The van der Waals surface area contributed by atoms with Gasteiger partial charge in [-0.1, -0.05) is 19.9 Å². The fraction of sp³-hybridized carbons (Fsp3) is 0.208. The summed E-state index contributed by atoms with van der Waals surface area (Å²) in [4.78, 5) is 40.4. The van der Waals surface area contributed by atoms with Crippen molar-refractivity contribution in [2.75, 3.05) is 11.5 Å². The highest BCUT2D eigenvalue weighted by atomic mass is 32.1. The lowest BCUT2D eigenvalue weighted by atomic mass is 10.00. The Hall–Kier alpha value is -3.65. The largest absolute Gasteiger partial charge is 0.503 e. The quantitative estimate of drug-likeness (QED) is 0.404. The van der Waals surface area contributed by atoms with Crippen LogP contribution in [0.15, 0.2) is 75.9 Å². The molecule has 1 aliphatic rings. The number of thiophene rings is 1. The van der Waals surface area contributed by atoms with Crippen LogP contribution in [0.2, 0.25) is 0 Å². The molecular formula is C24H21NO6S. The number of carbonyl (C=O) groups is 3. The molecule has 1 N–H and O–H groups in total. The molecule has 164 valence electrons. The number of benzene rings is 1. The molecule has 1 aliphatic heterocycles. The second-order valence-electron chi connectivity index (χ2n) is 7.70. The Labute approximate surface area is 188 Å². The molecule has 1 amide bonds. The number of Topliss-reactive ketones (excluding diaryl/α,β-unsaturated/α-hetero) is 1. The number of aliphatic hydroxyl groups is 1. The molecule has 1 aromatic carbocycles. The highest BCUT2D eigenvalue weighted by molar-refractivity contribution is 7.10. The Kier molecular flexibility index (Phi) is 5.96. The minimum absolute atomic E-state index is 0.0333.